The van der Waals surface area contributed by atoms with E-state index in [-0.39, 0.29) is 0 Å². The summed E-state index contributed by atoms with van der Waals surface area (Å²) in [6.07, 6.45) is 12.4. The standard InChI is InChI=1S/C14H27NO/c1-2-11-7-9-12(10-8-11)16-14-6-4-3-5-13(14)15/h11-14H,2-10,15H2,1H3. The maximum absolute atomic E-state index is 6.21. The van der Waals surface area contributed by atoms with Crippen LogP contribution in [0.2, 0.25) is 0 Å². The monoisotopic (exact) mass is 225 g/mol. The van der Waals surface area contributed by atoms with Crippen molar-refractivity contribution >= 4 is 0 Å². The van der Waals surface area contributed by atoms with Crippen molar-refractivity contribution in [1.29, 1.82) is 0 Å². The van der Waals surface area contributed by atoms with Gasteiger partial charge in [0.2, 0.25) is 0 Å². The van der Waals surface area contributed by atoms with Gasteiger partial charge in [0, 0.05) is 6.04 Å². The summed E-state index contributed by atoms with van der Waals surface area (Å²) in [7, 11) is 0. The number of rotatable bonds is 3. The van der Waals surface area contributed by atoms with Gasteiger partial charge in [0.05, 0.1) is 12.2 Å². The Labute approximate surface area is 99.9 Å². The molecule has 0 saturated heterocycles. The molecule has 2 heteroatoms. The zero-order chi connectivity index (χ0) is 11.4. The van der Waals surface area contributed by atoms with Crippen LogP contribution in [0.1, 0.15) is 64.7 Å². The van der Waals surface area contributed by atoms with Gasteiger partial charge in [-0.05, 0) is 44.4 Å². The van der Waals surface area contributed by atoms with E-state index < -0.39 is 0 Å². The highest BCUT2D eigenvalue weighted by atomic mass is 16.5. The molecule has 2 atom stereocenters. The maximum atomic E-state index is 6.21. The molecule has 2 aliphatic carbocycles. The van der Waals surface area contributed by atoms with Crippen LogP contribution in [0, 0.1) is 5.92 Å². The van der Waals surface area contributed by atoms with E-state index in [1.165, 1.54) is 51.4 Å². The Kier molecular flexibility index (Phi) is 4.66. The van der Waals surface area contributed by atoms with E-state index in [0.29, 0.717) is 18.2 Å². The normalized spacial score (nSPS) is 40.9. The highest BCUT2D eigenvalue weighted by Gasteiger charge is 2.27. The highest BCUT2D eigenvalue weighted by Crippen LogP contribution is 2.31. The largest absolute Gasteiger partial charge is 0.373 e. The Morgan fingerprint density at radius 1 is 1.00 bits per heavy atom. The van der Waals surface area contributed by atoms with E-state index in [4.69, 9.17) is 10.5 Å². The Hall–Kier alpha value is -0.0800. The van der Waals surface area contributed by atoms with Crippen molar-refractivity contribution in [1.82, 2.24) is 0 Å². The van der Waals surface area contributed by atoms with Crippen molar-refractivity contribution < 1.29 is 4.74 Å². The van der Waals surface area contributed by atoms with Crippen molar-refractivity contribution in [3.8, 4) is 0 Å². The van der Waals surface area contributed by atoms with E-state index in [0.717, 1.165) is 12.3 Å². The Bertz CT molecular complexity index is 199. The molecule has 0 aromatic heterocycles. The Morgan fingerprint density at radius 2 is 1.69 bits per heavy atom. The Morgan fingerprint density at radius 3 is 2.31 bits per heavy atom. The number of ether oxygens (including phenoxy) is 1. The first-order chi connectivity index (χ1) is 7.79. The van der Waals surface area contributed by atoms with E-state index in [2.05, 4.69) is 6.92 Å². The van der Waals surface area contributed by atoms with Gasteiger partial charge < -0.3 is 10.5 Å². The number of hydrogen-bond acceptors (Lipinski definition) is 2. The number of hydrogen-bond donors (Lipinski definition) is 1. The van der Waals surface area contributed by atoms with Crippen LogP contribution >= 0.6 is 0 Å². The van der Waals surface area contributed by atoms with Gasteiger partial charge in [-0.2, -0.15) is 0 Å². The van der Waals surface area contributed by atoms with E-state index in [1.54, 1.807) is 0 Å². The topological polar surface area (TPSA) is 35.2 Å². The number of nitrogens with two attached hydrogens (primary N) is 1. The van der Waals surface area contributed by atoms with Gasteiger partial charge in [-0.25, -0.2) is 0 Å². The van der Waals surface area contributed by atoms with Crippen LogP contribution in [0.15, 0.2) is 0 Å². The molecule has 2 saturated carbocycles. The minimum atomic E-state index is 0.303. The van der Waals surface area contributed by atoms with Crippen molar-refractivity contribution in [2.45, 2.75) is 83.0 Å². The molecule has 2 rings (SSSR count). The molecule has 0 amide bonds. The third kappa shape index (κ3) is 3.21. The molecule has 0 spiro atoms. The van der Waals surface area contributed by atoms with Crippen molar-refractivity contribution in [3.05, 3.63) is 0 Å². The second-order valence-electron chi connectivity index (χ2n) is 5.67. The van der Waals surface area contributed by atoms with Gasteiger partial charge in [0.15, 0.2) is 0 Å². The molecule has 0 heterocycles. The van der Waals surface area contributed by atoms with Crippen molar-refractivity contribution in [2.24, 2.45) is 11.7 Å². The molecular weight excluding hydrogens is 198 g/mol. The lowest BCUT2D eigenvalue weighted by atomic mass is 9.85. The molecule has 2 fully saturated rings. The van der Waals surface area contributed by atoms with Crippen LogP contribution in [0.25, 0.3) is 0 Å². The maximum Gasteiger partial charge on any atom is 0.0729 e. The van der Waals surface area contributed by atoms with E-state index in [9.17, 15) is 0 Å². The van der Waals surface area contributed by atoms with Gasteiger partial charge in [0.1, 0.15) is 0 Å². The van der Waals surface area contributed by atoms with E-state index in [1.807, 2.05) is 0 Å². The molecule has 0 aliphatic heterocycles. The van der Waals surface area contributed by atoms with Crippen LogP contribution < -0.4 is 5.73 Å². The lowest BCUT2D eigenvalue weighted by Crippen LogP contribution is -2.42. The molecule has 94 valence electrons. The molecule has 0 aromatic rings. The summed E-state index contributed by atoms with van der Waals surface area (Å²) in [4.78, 5) is 0. The minimum absolute atomic E-state index is 0.303. The molecular formula is C14H27NO. The lowest BCUT2D eigenvalue weighted by molar-refractivity contribution is -0.0593. The van der Waals surface area contributed by atoms with Crippen molar-refractivity contribution in [3.63, 3.8) is 0 Å². The zero-order valence-corrected chi connectivity index (χ0v) is 10.7. The Balaban J connectivity index is 1.73. The summed E-state index contributed by atoms with van der Waals surface area (Å²) >= 11 is 0. The van der Waals surface area contributed by atoms with E-state index >= 15 is 0 Å². The van der Waals surface area contributed by atoms with Crippen LogP contribution in [0.4, 0.5) is 0 Å². The second kappa shape index (κ2) is 6.02. The first-order valence-electron chi connectivity index (χ1n) is 7.20. The molecule has 2 N–H and O–H groups in total. The second-order valence-corrected chi connectivity index (χ2v) is 5.67. The van der Waals surface area contributed by atoms with Crippen molar-refractivity contribution in [2.75, 3.05) is 0 Å². The predicted octanol–water partition coefficient (Wildman–Crippen LogP) is 3.24. The van der Waals surface area contributed by atoms with Crippen LogP contribution in [-0.2, 0) is 4.74 Å². The quantitative estimate of drug-likeness (QED) is 0.800. The molecule has 0 aromatic carbocycles. The van der Waals surface area contributed by atoms with Gasteiger partial charge in [-0.15, -0.1) is 0 Å². The fraction of sp³-hybridized carbons (Fsp3) is 1.00. The average molecular weight is 225 g/mol. The fourth-order valence-corrected chi connectivity index (χ4v) is 3.22. The zero-order valence-electron chi connectivity index (χ0n) is 10.7. The summed E-state index contributed by atoms with van der Waals surface area (Å²) in [5.41, 5.74) is 6.12. The SMILES string of the molecule is CCC1CCC(OC2CCCCC2N)CC1. The molecule has 0 bridgehead atoms. The molecule has 16 heavy (non-hydrogen) atoms. The van der Waals surface area contributed by atoms with Crippen LogP contribution in [0.3, 0.4) is 0 Å². The van der Waals surface area contributed by atoms with Gasteiger partial charge in [0.25, 0.3) is 0 Å². The third-order valence-corrected chi connectivity index (χ3v) is 4.49. The summed E-state index contributed by atoms with van der Waals surface area (Å²) in [5, 5.41) is 0. The van der Waals surface area contributed by atoms with Crippen LogP contribution in [-0.4, -0.2) is 18.2 Å². The average Bonchev–Trinajstić information content (AvgIpc) is 2.33. The lowest BCUT2D eigenvalue weighted by Gasteiger charge is -2.35. The molecule has 0 radical (unpaired) electrons. The van der Waals surface area contributed by atoms with Gasteiger partial charge in [-0.3, -0.25) is 0 Å². The third-order valence-electron chi connectivity index (χ3n) is 4.49. The minimum Gasteiger partial charge on any atom is -0.373 e. The first kappa shape index (κ1) is 12.4. The fourth-order valence-electron chi connectivity index (χ4n) is 3.22. The molecule has 2 unspecified atom stereocenters. The van der Waals surface area contributed by atoms with Crippen LogP contribution in [0.5, 0.6) is 0 Å². The smallest absolute Gasteiger partial charge is 0.0729 e. The van der Waals surface area contributed by atoms with Gasteiger partial charge in [-0.1, -0.05) is 26.2 Å². The summed E-state index contributed by atoms with van der Waals surface area (Å²) in [5.74, 6) is 0.958. The summed E-state index contributed by atoms with van der Waals surface area (Å²) in [6, 6.07) is 0.303. The highest BCUT2D eigenvalue weighted by molar-refractivity contribution is 4.81. The molecule has 2 nitrogen and oxygen atoms in total. The summed E-state index contributed by atoms with van der Waals surface area (Å²) in [6.45, 7) is 2.31. The van der Waals surface area contributed by atoms with Gasteiger partial charge >= 0.3 is 0 Å². The first-order valence-corrected chi connectivity index (χ1v) is 7.20. The molecule has 2 aliphatic rings. The predicted molar refractivity (Wildman–Crippen MR) is 67.4 cm³/mol. The summed E-state index contributed by atoms with van der Waals surface area (Å²) < 4.78 is 6.21.